The number of nitrogens with zero attached hydrogens (tertiary/aromatic N) is 1. The van der Waals surface area contributed by atoms with Gasteiger partial charge < -0.3 is 14.9 Å². The number of hydrogen-bond donors (Lipinski definition) is 1. The van der Waals surface area contributed by atoms with Gasteiger partial charge in [-0.3, -0.25) is 14.4 Å². The van der Waals surface area contributed by atoms with Crippen molar-refractivity contribution in [2.24, 2.45) is 5.92 Å². The summed E-state index contributed by atoms with van der Waals surface area (Å²) in [5, 5.41) is 3.13. The van der Waals surface area contributed by atoms with E-state index < -0.39 is 24.4 Å². The largest absolute Gasteiger partial charge is 0.360 e. The van der Waals surface area contributed by atoms with Crippen LogP contribution in [0.4, 0.5) is 0 Å². The van der Waals surface area contributed by atoms with E-state index in [2.05, 4.69) is 24.0 Å². The fraction of sp³-hybridized carbons (Fsp3) is 0.733. The highest BCUT2D eigenvalue weighted by atomic mass is 16.7. The van der Waals surface area contributed by atoms with Gasteiger partial charge in [-0.25, -0.2) is 4.79 Å². The number of amides is 3. The number of hydrogen-bond acceptors (Lipinski definition) is 6. The number of rotatable bonds is 10. The number of carbonyl (C=O) groups excluding carboxylic acids is 4. The van der Waals surface area contributed by atoms with Crippen molar-refractivity contribution in [1.29, 1.82) is 0 Å². The normalized spacial score (nSPS) is 14.5. The van der Waals surface area contributed by atoms with Gasteiger partial charge in [0.2, 0.25) is 5.91 Å². The van der Waals surface area contributed by atoms with Gasteiger partial charge in [0, 0.05) is 19.4 Å². The lowest BCUT2D eigenvalue weighted by Gasteiger charge is -2.12. The number of imide groups is 1. The molecule has 130 valence electrons. The summed E-state index contributed by atoms with van der Waals surface area (Å²) in [6.45, 7) is 4.08. The second-order valence-corrected chi connectivity index (χ2v) is 5.78. The highest BCUT2D eigenvalue weighted by Crippen LogP contribution is 2.11. The lowest BCUT2D eigenvalue weighted by atomic mass is 10.1. The number of nitrogens with one attached hydrogen (secondary N) is 1. The molecule has 8 heteroatoms. The molecule has 8 nitrogen and oxygen atoms in total. The van der Waals surface area contributed by atoms with E-state index in [1.54, 1.807) is 0 Å². The SMILES string of the molecule is CC(C)CCCCNC(=O)COCC(=O)ON1C(=O)CCC1=O. The minimum absolute atomic E-state index is 0.0339. The molecule has 0 aromatic carbocycles. The Morgan fingerprint density at radius 2 is 1.78 bits per heavy atom. The zero-order valence-electron chi connectivity index (χ0n) is 13.6. The third kappa shape index (κ3) is 7.73. The molecule has 0 spiro atoms. The quantitative estimate of drug-likeness (QED) is 0.464. The Balaban J connectivity index is 2.06. The Kier molecular flexibility index (Phi) is 8.25. The van der Waals surface area contributed by atoms with Gasteiger partial charge >= 0.3 is 5.97 Å². The van der Waals surface area contributed by atoms with Gasteiger partial charge in [-0.15, -0.1) is 5.06 Å². The lowest BCUT2D eigenvalue weighted by molar-refractivity contribution is -0.200. The van der Waals surface area contributed by atoms with E-state index in [9.17, 15) is 19.2 Å². The van der Waals surface area contributed by atoms with Crippen molar-refractivity contribution in [2.75, 3.05) is 19.8 Å². The molecule has 0 radical (unpaired) electrons. The van der Waals surface area contributed by atoms with Crippen molar-refractivity contribution in [3.05, 3.63) is 0 Å². The standard InChI is InChI=1S/C15H24N2O6/c1-11(2)5-3-4-8-16-12(18)9-22-10-15(21)23-17-13(19)6-7-14(17)20/h11H,3-10H2,1-2H3,(H,16,18). The molecule has 1 aliphatic heterocycles. The van der Waals surface area contributed by atoms with Crippen LogP contribution in [0.15, 0.2) is 0 Å². The average Bonchev–Trinajstić information content (AvgIpc) is 2.78. The summed E-state index contributed by atoms with van der Waals surface area (Å²) in [6.07, 6.45) is 3.12. The van der Waals surface area contributed by atoms with E-state index in [-0.39, 0.29) is 25.4 Å². The van der Waals surface area contributed by atoms with Crippen LogP contribution in [0.25, 0.3) is 0 Å². The van der Waals surface area contributed by atoms with Gasteiger partial charge in [-0.1, -0.05) is 26.7 Å². The van der Waals surface area contributed by atoms with Crippen molar-refractivity contribution >= 4 is 23.7 Å². The predicted octanol–water partition coefficient (Wildman–Crippen LogP) is 0.553. The van der Waals surface area contributed by atoms with Crippen LogP contribution >= 0.6 is 0 Å². The molecule has 1 rings (SSSR count). The number of unbranched alkanes of at least 4 members (excludes halogenated alkanes) is 1. The number of carbonyl (C=O) groups is 4. The molecule has 3 amide bonds. The average molecular weight is 328 g/mol. The van der Waals surface area contributed by atoms with E-state index >= 15 is 0 Å². The molecule has 0 saturated carbocycles. The van der Waals surface area contributed by atoms with E-state index in [1.807, 2.05) is 0 Å². The van der Waals surface area contributed by atoms with Gasteiger partial charge in [0.15, 0.2) is 0 Å². The summed E-state index contributed by atoms with van der Waals surface area (Å²) in [5.41, 5.74) is 0. The number of ether oxygens (including phenoxy) is 1. The first kappa shape index (κ1) is 19.1. The van der Waals surface area contributed by atoms with Gasteiger partial charge in [-0.05, 0) is 12.3 Å². The van der Waals surface area contributed by atoms with Gasteiger partial charge in [0.05, 0.1) is 0 Å². The molecule has 1 fully saturated rings. The molecule has 1 N–H and O–H groups in total. The molecule has 0 aromatic rings. The third-order valence-corrected chi connectivity index (χ3v) is 3.18. The Labute approximate surface area is 135 Å². The van der Waals surface area contributed by atoms with Gasteiger partial charge in [0.1, 0.15) is 13.2 Å². The predicted molar refractivity (Wildman–Crippen MR) is 79.7 cm³/mol. The summed E-state index contributed by atoms with van der Waals surface area (Å²) in [7, 11) is 0. The Bertz CT molecular complexity index is 433. The van der Waals surface area contributed by atoms with Crippen LogP contribution in [-0.2, 0) is 28.8 Å². The summed E-state index contributed by atoms with van der Waals surface area (Å²) >= 11 is 0. The van der Waals surface area contributed by atoms with E-state index in [1.165, 1.54) is 0 Å². The molecule has 1 saturated heterocycles. The summed E-state index contributed by atoms with van der Waals surface area (Å²) in [6, 6.07) is 0. The smallest absolute Gasteiger partial charge is 0.358 e. The van der Waals surface area contributed by atoms with Crippen molar-refractivity contribution in [3.63, 3.8) is 0 Å². The maximum absolute atomic E-state index is 11.5. The Morgan fingerprint density at radius 3 is 2.39 bits per heavy atom. The fourth-order valence-corrected chi connectivity index (χ4v) is 1.97. The molecule has 0 aromatic heterocycles. The maximum Gasteiger partial charge on any atom is 0.358 e. The molecular weight excluding hydrogens is 304 g/mol. The van der Waals surface area contributed by atoms with E-state index in [4.69, 9.17) is 4.74 Å². The molecule has 0 bridgehead atoms. The van der Waals surface area contributed by atoms with Crippen molar-refractivity contribution in [1.82, 2.24) is 10.4 Å². The Hall–Kier alpha value is -1.96. The van der Waals surface area contributed by atoms with Crippen molar-refractivity contribution < 1.29 is 28.8 Å². The highest BCUT2D eigenvalue weighted by molar-refractivity contribution is 6.01. The maximum atomic E-state index is 11.5. The molecule has 0 atom stereocenters. The first-order chi connectivity index (χ1) is 10.9. The first-order valence-corrected chi connectivity index (χ1v) is 7.81. The summed E-state index contributed by atoms with van der Waals surface area (Å²) < 4.78 is 4.90. The monoisotopic (exact) mass is 328 g/mol. The second kappa shape index (κ2) is 9.94. The fourth-order valence-electron chi connectivity index (χ4n) is 1.97. The molecule has 1 heterocycles. The van der Waals surface area contributed by atoms with E-state index in [0.29, 0.717) is 17.5 Å². The van der Waals surface area contributed by atoms with Crippen molar-refractivity contribution in [3.8, 4) is 0 Å². The molecule has 0 aliphatic carbocycles. The van der Waals surface area contributed by atoms with Crippen LogP contribution in [0.1, 0.15) is 46.0 Å². The zero-order chi connectivity index (χ0) is 17.2. The number of hydroxylamine groups is 2. The summed E-state index contributed by atoms with van der Waals surface area (Å²) in [4.78, 5) is 49.9. The van der Waals surface area contributed by atoms with Crippen LogP contribution < -0.4 is 5.32 Å². The molecule has 23 heavy (non-hydrogen) atoms. The second-order valence-electron chi connectivity index (χ2n) is 5.78. The van der Waals surface area contributed by atoms with Crippen LogP contribution in [0, 0.1) is 5.92 Å². The van der Waals surface area contributed by atoms with Crippen molar-refractivity contribution in [2.45, 2.75) is 46.0 Å². The van der Waals surface area contributed by atoms with E-state index in [0.717, 1.165) is 19.3 Å². The minimum Gasteiger partial charge on any atom is -0.360 e. The summed E-state index contributed by atoms with van der Waals surface area (Å²) in [5.74, 6) is -1.67. The Morgan fingerprint density at radius 1 is 1.13 bits per heavy atom. The minimum atomic E-state index is -0.890. The lowest BCUT2D eigenvalue weighted by Crippen LogP contribution is -2.34. The topological polar surface area (TPSA) is 102 Å². The highest BCUT2D eigenvalue weighted by Gasteiger charge is 2.32. The van der Waals surface area contributed by atoms with Gasteiger partial charge in [0.25, 0.3) is 11.8 Å². The molecule has 1 aliphatic rings. The van der Waals surface area contributed by atoms with Gasteiger partial charge in [-0.2, -0.15) is 0 Å². The van der Waals surface area contributed by atoms with Crippen LogP contribution in [0.2, 0.25) is 0 Å². The zero-order valence-corrected chi connectivity index (χ0v) is 13.6. The molecule has 0 unspecified atom stereocenters. The van der Waals surface area contributed by atoms with Crippen LogP contribution in [0.3, 0.4) is 0 Å². The molecular formula is C15H24N2O6. The van der Waals surface area contributed by atoms with Crippen LogP contribution in [0.5, 0.6) is 0 Å². The third-order valence-electron chi connectivity index (χ3n) is 3.18. The first-order valence-electron chi connectivity index (χ1n) is 7.81. The van der Waals surface area contributed by atoms with Crippen LogP contribution in [-0.4, -0.2) is 48.5 Å².